The molecule has 0 aliphatic rings. The third-order valence-electron chi connectivity index (χ3n) is 2.84. The molecule has 96 valence electrons. The van der Waals surface area contributed by atoms with Crippen molar-refractivity contribution >= 4 is 17.3 Å². The fraction of sp³-hybridized carbons (Fsp3) is 0.133. The number of hydrogen-bond donors (Lipinski definition) is 1. The highest BCUT2D eigenvalue weighted by Crippen LogP contribution is 2.24. The first-order valence-corrected chi connectivity index (χ1v) is 6.19. The van der Waals surface area contributed by atoms with Crippen molar-refractivity contribution in [3.63, 3.8) is 0 Å². The van der Waals surface area contributed by atoms with E-state index in [1.165, 1.54) is 12.1 Å². The van der Waals surface area contributed by atoms with Gasteiger partial charge in [-0.2, -0.15) is 5.26 Å². The largest absolute Gasteiger partial charge is 0.378 e. The van der Waals surface area contributed by atoms with Gasteiger partial charge in [0.25, 0.3) is 0 Å². The van der Waals surface area contributed by atoms with Crippen LogP contribution in [0.25, 0.3) is 0 Å². The number of halogens is 2. The predicted molar refractivity (Wildman–Crippen MR) is 74.6 cm³/mol. The normalized spacial score (nSPS) is 11.7. The van der Waals surface area contributed by atoms with E-state index in [9.17, 15) is 4.39 Å². The second-order valence-electron chi connectivity index (χ2n) is 4.22. The van der Waals surface area contributed by atoms with E-state index in [-0.39, 0.29) is 11.9 Å². The van der Waals surface area contributed by atoms with E-state index in [2.05, 4.69) is 5.32 Å². The van der Waals surface area contributed by atoms with Gasteiger partial charge in [-0.15, -0.1) is 0 Å². The molecule has 1 atom stereocenters. The molecular formula is C15H12ClFN2. The zero-order chi connectivity index (χ0) is 13.8. The summed E-state index contributed by atoms with van der Waals surface area (Å²) in [6, 6.07) is 13.5. The van der Waals surface area contributed by atoms with Crippen molar-refractivity contribution in [2.75, 3.05) is 5.32 Å². The van der Waals surface area contributed by atoms with Crippen molar-refractivity contribution < 1.29 is 4.39 Å². The molecule has 0 heterocycles. The summed E-state index contributed by atoms with van der Waals surface area (Å²) in [6.45, 7) is 1.97. The van der Waals surface area contributed by atoms with Gasteiger partial charge in [-0.05, 0) is 42.8 Å². The Bertz CT molecular complexity index is 617. The van der Waals surface area contributed by atoms with E-state index in [1.807, 2.05) is 13.0 Å². The van der Waals surface area contributed by atoms with Crippen molar-refractivity contribution in [3.8, 4) is 6.07 Å². The minimum absolute atomic E-state index is 0.0182. The summed E-state index contributed by atoms with van der Waals surface area (Å²) in [5.41, 5.74) is 2.24. The quantitative estimate of drug-likeness (QED) is 0.893. The van der Waals surface area contributed by atoms with Crippen molar-refractivity contribution in [2.45, 2.75) is 13.0 Å². The molecule has 0 spiro atoms. The minimum atomic E-state index is -0.252. The molecule has 0 bridgehead atoms. The number of anilines is 1. The predicted octanol–water partition coefficient (Wildman–Crippen LogP) is 4.52. The lowest BCUT2D eigenvalue weighted by Gasteiger charge is -2.16. The standard InChI is InChI=1S/C15H12ClFN2/c1-10(11-2-5-13(17)6-3-11)19-14-7-4-12(9-18)15(16)8-14/h2-8,10,19H,1H3. The van der Waals surface area contributed by atoms with Gasteiger partial charge in [-0.25, -0.2) is 4.39 Å². The number of nitrogens with one attached hydrogen (secondary N) is 1. The number of nitriles is 1. The molecule has 0 saturated heterocycles. The van der Waals surface area contributed by atoms with Crippen LogP contribution in [0.5, 0.6) is 0 Å². The van der Waals surface area contributed by atoms with Gasteiger partial charge in [0.1, 0.15) is 11.9 Å². The minimum Gasteiger partial charge on any atom is -0.378 e. The first-order chi connectivity index (χ1) is 9.10. The first kappa shape index (κ1) is 13.4. The lowest BCUT2D eigenvalue weighted by Crippen LogP contribution is -2.06. The van der Waals surface area contributed by atoms with Gasteiger partial charge in [0.2, 0.25) is 0 Å². The highest BCUT2D eigenvalue weighted by molar-refractivity contribution is 6.32. The molecule has 0 aliphatic carbocycles. The Morgan fingerprint density at radius 3 is 2.47 bits per heavy atom. The summed E-state index contributed by atoms with van der Waals surface area (Å²) in [7, 11) is 0. The lowest BCUT2D eigenvalue weighted by molar-refractivity contribution is 0.626. The summed E-state index contributed by atoms with van der Waals surface area (Å²) in [5, 5.41) is 12.5. The van der Waals surface area contributed by atoms with Gasteiger partial charge in [0.05, 0.1) is 10.6 Å². The Balaban J connectivity index is 2.15. The highest BCUT2D eigenvalue weighted by Gasteiger charge is 2.07. The smallest absolute Gasteiger partial charge is 0.123 e. The molecule has 19 heavy (non-hydrogen) atoms. The van der Waals surface area contributed by atoms with Crippen LogP contribution in [0.15, 0.2) is 42.5 Å². The maximum Gasteiger partial charge on any atom is 0.123 e. The second kappa shape index (κ2) is 5.73. The monoisotopic (exact) mass is 274 g/mol. The summed E-state index contributed by atoms with van der Waals surface area (Å²) in [4.78, 5) is 0. The Labute approximate surface area is 116 Å². The first-order valence-electron chi connectivity index (χ1n) is 5.82. The fourth-order valence-corrected chi connectivity index (χ4v) is 2.00. The molecule has 1 N–H and O–H groups in total. The third-order valence-corrected chi connectivity index (χ3v) is 3.16. The molecular weight excluding hydrogens is 263 g/mol. The molecule has 4 heteroatoms. The van der Waals surface area contributed by atoms with Crippen LogP contribution >= 0.6 is 11.6 Å². The van der Waals surface area contributed by atoms with Crippen molar-refractivity contribution in [1.82, 2.24) is 0 Å². The SMILES string of the molecule is CC(Nc1ccc(C#N)c(Cl)c1)c1ccc(F)cc1. The molecule has 2 aromatic rings. The molecule has 2 aromatic carbocycles. The van der Waals surface area contributed by atoms with Gasteiger partial charge < -0.3 is 5.32 Å². The van der Waals surface area contributed by atoms with Crippen LogP contribution in [-0.2, 0) is 0 Å². The zero-order valence-electron chi connectivity index (χ0n) is 10.3. The van der Waals surface area contributed by atoms with Crippen LogP contribution in [0, 0.1) is 17.1 Å². The number of nitrogens with zero attached hydrogens (tertiary/aromatic N) is 1. The van der Waals surface area contributed by atoms with E-state index in [1.54, 1.807) is 30.3 Å². The fourth-order valence-electron chi connectivity index (χ4n) is 1.78. The average Bonchev–Trinajstić information content (AvgIpc) is 2.39. The van der Waals surface area contributed by atoms with Crippen LogP contribution in [0.4, 0.5) is 10.1 Å². The van der Waals surface area contributed by atoms with Crippen LogP contribution in [0.2, 0.25) is 5.02 Å². The molecule has 0 aliphatic heterocycles. The molecule has 1 unspecified atom stereocenters. The van der Waals surface area contributed by atoms with Gasteiger partial charge >= 0.3 is 0 Å². The van der Waals surface area contributed by atoms with Crippen molar-refractivity contribution in [3.05, 3.63) is 64.4 Å². The topological polar surface area (TPSA) is 35.8 Å². The van der Waals surface area contributed by atoms with E-state index >= 15 is 0 Å². The molecule has 0 saturated carbocycles. The molecule has 2 nitrogen and oxygen atoms in total. The average molecular weight is 275 g/mol. The van der Waals surface area contributed by atoms with E-state index < -0.39 is 0 Å². The second-order valence-corrected chi connectivity index (χ2v) is 4.63. The number of rotatable bonds is 3. The Hall–Kier alpha value is -2.05. The Morgan fingerprint density at radius 2 is 1.89 bits per heavy atom. The lowest BCUT2D eigenvalue weighted by atomic mass is 10.1. The molecule has 0 aromatic heterocycles. The number of benzene rings is 2. The zero-order valence-corrected chi connectivity index (χ0v) is 11.1. The molecule has 0 amide bonds. The summed E-state index contributed by atoms with van der Waals surface area (Å²) in [5.74, 6) is -0.252. The van der Waals surface area contributed by atoms with Gasteiger partial charge in [0, 0.05) is 11.7 Å². The Kier molecular flexibility index (Phi) is 4.03. The van der Waals surface area contributed by atoms with Crippen LogP contribution in [-0.4, -0.2) is 0 Å². The van der Waals surface area contributed by atoms with E-state index in [4.69, 9.17) is 16.9 Å². The van der Waals surface area contributed by atoms with Crippen LogP contribution in [0.1, 0.15) is 24.1 Å². The molecule has 0 fully saturated rings. The maximum atomic E-state index is 12.8. The summed E-state index contributed by atoms with van der Waals surface area (Å²) in [6.07, 6.45) is 0. The van der Waals surface area contributed by atoms with Crippen molar-refractivity contribution in [1.29, 1.82) is 5.26 Å². The highest BCUT2D eigenvalue weighted by atomic mass is 35.5. The van der Waals surface area contributed by atoms with Gasteiger partial charge in [-0.1, -0.05) is 23.7 Å². The summed E-state index contributed by atoms with van der Waals surface area (Å²) < 4.78 is 12.8. The third kappa shape index (κ3) is 3.24. The van der Waals surface area contributed by atoms with Crippen LogP contribution in [0.3, 0.4) is 0 Å². The Morgan fingerprint density at radius 1 is 1.21 bits per heavy atom. The number of hydrogen-bond acceptors (Lipinski definition) is 2. The maximum absolute atomic E-state index is 12.8. The van der Waals surface area contributed by atoms with Crippen LogP contribution < -0.4 is 5.32 Å². The van der Waals surface area contributed by atoms with Crippen molar-refractivity contribution in [2.24, 2.45) is 0 Å². The van der Waals surface area contributed by atoms with E-state index in [0.29, 0.717) is 10.6 Å². The van der Waals surface area contributed by atoms with Gasteiger partial charge in [0.15, 0.2) is 0 Å². The molecule has 0 radical (unpaired) electrons. The molecule has 2 rings (SSSR count). The van der Waals surface area contributed by atoms with E-state index in [0.717, 1.165) is 11.3 Å². The van der Waals surface area contributed by atoms with Gasteiger partial charge in [-0.3, -0.25) is 0 Å². The summed E-state index contributed by atoms with van der Waals surface area (Å²) >= 11 is 5.97.